The van der Waals surface area contributed by atoms with Gasteiger partial charge in [-0.3, -0.25) is 0 Å². The molecule has 0 aliphatic heterocycles. The number of esters is 2. The van der Waals surface area contributed by atoms with E-state index in [2.05, 4.69) is 45.7 Å². The van der Waals surface area contributed by atoms with Gasteiger partial charge in [0, 0.05) is 14.5 Å². The van der Waals surface area contributed by atoms with Gasteiger partial charge in [0.05, 0.1) is 18.8 Å². The fourth-order valence-corrected chi connectivity index (χ4v) is 4.50. The molecule has 0 saturated heterocycles. The van der Waals surface area contributed by atoms with Gasteiger partial charge < -0.3 is 14.6 Å². The van der Waals surface area contributed by atoms with Crippen LogP contribution in [0.4, 0.5) is 0 Å². The number of hydrogen-bond acceptors (Lipinski definition) is 5. The number of aromatic hydroxyl groups is 1. The average molecular weight is 632 g/mol. The van der Waals surface area contributed by atoms with Crippen molar-refractivity contribution in [3.63, 3.8) is 0 Å². The summed E-state index contributed by atoms with van der Waals surface area (Å²) in [5.74, 6) is -1.71. The number of carbonyl (C=O) groups excluding carboxylic acids is 2. The number of phenolic OH excluding ortho intramolecular Hbond substituents is 1. The van der Waals surface area contributed by atoms with E-state index in [1.165, 1.54) is 0 Å². The van der Waals surface area contributed by atoms with Crippen molar-refractivity contribution in [2.24, 2.45) is 0 Å². The predicted octanol–water partition coefficient (Wildman–Crippen LogP) is 8.95. The van der Waals surface area contributed by atoms with Crippen LogP contribution >= 0.6 is 31.9 Å². The Hall–Kier alpha value is -2.64. The van der Waals surface area contributed by atoms with Crippen LogP contribution in [0.15, 0.2) is 63.5 Å². The maximum atomic E-state index is 13.5. The Morgan fingerprint density at radius 3 is 1.57 bits per heavy atom. The number of hydrogen-bond donors (Lipinski definition) is 1. The van der Waals surface area contributed by atoms with E-state index >= 15 is 0 Å². The summed E-state index contributed by atoms with van der Waals surface area (Å²) in [5, 5.41) is 11.4. The minimum Gasteiger partial charge on any atom is -0.506 e. The van der Waals surface area contributed by atoms with Crippen LogP contribution < -0.4 is 0 Å². The van der Waals surface area contributed by atoms with Crippen molar-refractivity contribution in [2.45, 2.75) is 52.4 Å². The normalized spacial score (nSPS) is 10.8. The molecule has 0 radical (unpaired) electrons. The molecule has 0 aromatic heterocycles. The van der Waals surface area contributed by atoms with Crippen molar-refractivity contribution in [3.8, 4) is 28.0 Å². The number of unbranched alkanes of at least 4 members (excludes halogenated alkanes) is 4. The standard InChI is InChI=1S/C30H32Br2O5/c1-3-5-7-17-36-29(34)26-24(20-9-13-22(31)14-10-20)19-25(21-11-15-23(32)16-12-21)28(33)27(26)30(35)37-18-8-6-4-2/h9-16,19,33H,3-8,17-18H2,1-2H3. The minimum atomic E-state index is -0.744. The van der Waals surface area contributed by atoms with Gasteiger partial charge in [0.2, 0.25) is 0 Å². The van der Waals surface area contributed by atoms with E-state index in [4.69, 9.17) is 9.47 Å². The van der Waals surface area contributed by atoms with Gasteiger partial charge in [-0.25, -0.2) is 9.59 Å². The van der Waals surface area contributed by atoms with Crippen molar-refractivity contribution in [2.75, 3.05) is 13.2 Å². The average Bonchev–Trinajstić information content (AvgIpc) is 2.89. The molecule has 0 aliphatic rings. The molecule has 0 heterocycles. The van der Waals surface area contributed by atoms with Crippen molar-refractivity contribution in [1.82, 2.24) is 0 Å². The van der Waals surface area contributed by atoms with Crippen LogP contribution in [-0.2, 0) is 9.47 Å². The molecule has 1 N–H and O–H groups in total. The van der Waals surface area contributed by atoms with Gasteiger partial charge in [0.25, 0.3) is 0 Å². The van der Waals surface area contributed by atoms with Gasteiger partial charge in [0.15, 0.2) is 0 Å². The van der Waals surface area contributed by atoms with Crippen molar-refractivity contribution in [3.05, 3.63) is 74.7 Å². The minimum absolute atomic E-state index is 0.0117. The van der Waals surface area contributed by atoms with E-state index in [1.807, 2.05) is 48.5 Å². The second kappa shape index (κ2) is 14.3. The summed E-state index contributed by atoms with van der Waals surface area (Å²) >= 11 is 6.89. The van der Waals surface area contributed by atoms with Crippen LogP contribution in [0.2, 0.25) is 0 Å². The molecule has 3 aromatic carbocycles. The van der Waals surface area contributed by atoms with Crippen molar-refractivity contribution in [1.29, 1.82) is 0 Å². The van der Waals surface area contributed by atoms with E-state index in [1.54, 1.807) is 6.07 Å². The molecule has 0 saturated carbocycles. The molecule has 0 bridgehead atoms. The first-order valence-corrected chi connectivity index (χ1v) is 14.2. The summed E-state index contributed by atoms with van der Waals surface area (Å²) in [6, 6.07) is 16.5. The second-order valence-electron chi connectivity index (χ2n) is 8.77. The fourth-order valence-electron chi connectivity index (χ4n) is 3.97. The molecule has 5 nitrogen and oxygen atoms in total. The van der Waals surface area contributed by atoms with Gasteiger partial charge in [-0.1, -0.05) is 95.7 Å². The summed E-state index contributed by atoms with van der Waals surface area (Å²) in [4.78, 5) is 26.9. The topological polar surface area (TPSA) is 72.8 Å². The van der Waals surface area contributed by atoms with Crippen LogP contribution in [0, 0.1) is 0 Å². The van der Waals surface area contributed by atoms with E-state index in [-0.39, 0.29) is 30.1 Å². The Morgan fingerprint density at radius 1 is 0.676 bits per heavy atom. The Bertz CT molecular complexity index is 1200. The number of halogens is 2. The zero-order valence-corrected chi connectivity index (χ0v) is 24.4. The van der Waals surface area contributed by atoms with Crippen molar-refractivity contribution < 1.29 is 24.2 Å². The Balaban J connectivity index is 2.21. The second-order valence-corrected chi connectivity index (χ2v) is 10.6. The first-order chi connectivity index (χ1) is 17.9. The number of ether oxygens (including phenoxy) is 2. The lowest BCUT2D eigenvalue weighted by atomic mass is 9.89. The lowest BCUT2D eigenvalue weighted by Gasteiger charge is -2.19. The smallest absolute Gasteiger partial charge is 0.342 e. The fraction of sp³-hybridized carbons (Fsp3) is 0.333. The Kier molecular flexibility index (Phi) is 11.2. The predicted molar refractivity (Wildman–Crippen MR) is 154 cm³/mol. The third kappa shape index (κ3) is 7.68. The molecule has 0 spiro atoms. The van der Waals surface area contributed by atoms with Gasteiger partial charge in [-0.15, -0.1) is 0 Å². The van der Waals surface area contributed by atoms with Gasteiger partial charge in [0.1, 0.15) is 11.3 Å². The maximum Gasteiger partial charge on any atom is 0.342 e. The number of carbonyl (C=O) groups is 2. The molecular formula is C30H32Br2O5. The van der Waals surface area contributed by atoms with Gasteiger partial charge in [-0.2, -0.15) is 0 Å². The van der Waals surface area contributed by atoms with Crippen LogP contribution in [0.5, 0.6) is 5.75 Å². The lowest BCUT2D eigenvalue weighted by molar-refractivity contribution is 0.0448. The molecule has 0 aliphatic carbocycles. The van der Waals surface area contributed by atoms with E-state index in [0.29, 0.717) is 28.7 Å². The molecule has 0 atom stereocenters. The number of phenols is 1. The van der Waals surface area contributed by atoms with Crippen LogP contribution in [0.25, 0.3) is 22.3 Å². The zero-order chi connectivity index (χ0) is 26.8. The monoisotopic (exact) mass is 630 g/mol. The molecule has 37 heavy (non-hydrogen) atoms. The number of rotatable bonds is 12. The highest BCUT2D eigenvalue weighted by Gasteiger charge is 2.30. The first-order valence-electron chi connectivity index (χ1n) is 12.6. The molecule has 0 amide bonds. The first kappa shape index (κ1) is 28.9. The molecule has 3 rings (SSSR count). The van der Waals surface area contributed by atoms with Crippen LogP contribution in [0.3, 0.4) is 0 Å². The molecular weight excluding hydrogens is 600 g/mol. The highest BCUT2D eigenvalue weighted by Crippen LogP contribution is 2.41. The van der Waals surface area contributed by atoms with E-state index < -0.39 is 11.9 Å². The lowest BCUT2D eigenvalue weighted by Crippen LogP contribution is -2.17. The quantitative estimate of drug-likeness (QED) is 0.160. The summed E-state index contributed by atoms with van der Waals surface area (Å²) < 4.78 is 12.9. The van der Waals surface area contributed by atoms with Crippen molar-refractivity contribution >= 4 is 43.8 Å². The SMILES string of the molecule is CCCCCOC(=O)c1c(-c2ccc(Br)cc2)cc(-c2ccc(Br)cc2)c(O)c1C(=O)OCCCCC. The molecule has 7 heteroatoms. The highest BCUT2D eigenvalue weighted by atomic mass is 79.9. The zero-order valence-electron chi connectivity index (χ0n) is 21.2. The molecule has 196 valence electrons. The third-order valence-corrected chi connectivity index (χ3v) is 7.04. The molecule has 0 unspecified atom stereocenters. The van der Waals surface area contributed by atoms with Crippen LogP contribution in [-0.4, -0.2) is 30.3 Å². The molecule has 3 aromatic rings. The molecule has 0 fully saturated rings. The highest BCUT2D eigenvalue weighted by molar-refractivity contribution is 9.10. The Labute approximate surface area is 235 Å². The summed E-state index contributed by atoms with van der Waals surface area (Å²) in [5.41, 5.74) is 2.16. The van der Waals surface area contributed by atoms with Crippen LogP contribution in [0.1, 0.15) is 73.1 Å². The van der Waals surface area contributed by atoms with Gasteiger partial charge in [-0.05, 0) is 59.9 Å². The van der Waals surface area contributed by atoms with Gasteiger partial charge >= 0.3 is 11.9 Å². The summed E-state index contributed by atoms with van der Waals surface area (Å²) in [6.45, 7) is 4.56. The maximum absolute atomic E-state index is 13.5. The van der Waals surface area contributed by atoms with E-state index in [0.717, 1.165) is 41.0 Å². The summed E-state index contributed by atoms with van der Waals surface area (Å²) in [6.07, 6.45) is 5.22. The summed E-state index contributed by atoms with van der Waals surface area (Å²) in [7, 11) is 0. The largest absolute Gasteiger partial charge is 0.506 e. The third-order valence-electron chi connectivity index (χ3n) is 5.98. The number of benzene rings is 3. The van der Waals surface area contributed by atoms with E-state index in [9.17, 15) is 14.7 Å². The Morgan fingerprint density at radius 2 is 1.11 bits per heavy atom.